The second-order valence-corrected chi connectivity index (χ2v) is 8.39. The Kier molecular flexibility index (Phi) is 4.79. The van der Waals surface area contributed by atoms with Gasteiger partial charge in [-0.05, 0) is 74.6 Å². The van der Waals surface area contributed by atoms with Crippen LogP contribution in [0.2, 0.25) is 0 Å². The van der Waals surface area contributed by atoms with Crippen LogP contribution in [0.5, 0.6) is 11.6 Å². The first-order valence-electron chi connectivity index (χ1n) is 10.4. The normalized spacial score (nSPS) is 20.8. The average molecular weight is 413 g/mol. The lowest BCUT2D eigenvalue weighted by Gasteiger charge is -2.18. The van der Waals surface area contributed by atoms with Crippen LogP contribution in [0.15, 0.2) is 66.9 Å². The molecule has 2 atom stereocenters. The number of aromatic amines is 1. The lowest BCUT2D eigenvalue weighted by Crippen LogP contribution is -2.18. The first-order valence-corrected chi connectivity index (χ1v) is 10.4. The van der Waals surface area contributed by atoms with Gasteiger partial charge in [-0.25, -0.2) is 9.97 Å². The molecule has 1 saturated carbocycles. The number of para-hydroxylation sites is 2. The number of aromatic nitrogens is 3. The van der Waals surface area contributed by atoms with Crippen LogP contribution in [0.3, 0.4) is 0 Å². The van der Waals surface area contributed by atoms with Crippen LogP contribution in [0.1, 0.15) is 53.8 Å². The van der Waals surface area contributed by atoms with Crippen LogP contribution in [-0.4, -0.2) is 31.4 Å². The zero-order chi connectivity index (χ0) is 21.4. The molecule has 4 aromatic rings. The molecule has 1 aliphatic rings. The molecular weight excluding hydrogens is 390 g/mol. The van der Waals surface area contributed by atoms with E-state index in [1.165, 1.54) is 0 Å². The summed E-state index contributed by atoms with van der Waals surface area (Å²) in [4.78, 5) is 24.7. The molecule has 6 heteroatoms. The molecule has 2 aromatic carbocycles. The molecule has 0 radical (unpaired) electrons. The number of H-pyrrole nitrogens is 1. The maximum atomic E-state index is 12.8. The molecule has 2 unspecified atom stereocenters. The van der Waals surface area contributed by atoms with E-state index in [1.807, 2.05) is 43.3 Å². The summed E-state index contributed by atoms with van der Waals surface area (Å²) in [5, 5.41) is 10.3. The summed E-state index contributed by atoms with van der Waals surface area (Å²) in [7, 11) is 0. The molecule has 0 bridgehead atoms. The molecule has 0 amide bonds. The lowest BCUT2D eigenvalue weighted by molar-refractivity contribution is 0.0664. The molecule has 2 aromatic heterocycles. The number of aliphatic hydroxyl groups is 1. The fraction of sp³-hybridized carbons (Fsp3) is 0.240. The minimum absolute atomic E-state index is 0.172. The fourth-order valence-electron chi connectivity index (χ4n) is 4.27. The van der Waals surface area contributed by atoms with Crippen molar-refractivity contribution >= 4 is 16.8 Å². The van der Waals surface area contributed by atoms with Gasteiger partial charge in [0, 0.05) is 17.3 Å². The summed E-state index contributed by atoms with van der Waals surface area (Å²) < 4.78 is 6.05. The molecule has 6 nitrogen and oxygen atoms in total. The van der Waals surface area contributed by atoms with E-state index >= 15 is 0 Å². The standard InChI is InChI=1S/C25H23N3O3/c1-25(30)13-12-17(15-25)19-5-4-14-26-24(19)31-18-10-8-16(9-11-18)22(29)23-27-20-6-2-3-7-21(20)28-23/h2-11,14,17,30H,12-13,15H2,1H3,(H,27,28). The highest BCUT2D eigenvalue weighted by Crippen LogP contribution is 2.43. The van der Waals surface area contributed by atoms with Crippen LogP contribution < -0.4 is 4.74 Å². The van der Waals surface area contributed by atoms with E-state index in [4.69, 9.17) is 4.74 Å². The second-order valence-electron chi connectivity index (χ2n) is 8.39. The Bertz CT molecular complexity index is 1210. The van der Waals surface area contributed by atoms with Gasteiger partial charge in [-0.3, -0.25) is 4.79 Å². The highest BCUT2D eigenvalue weighted by atomic mass is 16.5. The van der Waals surface area contributed by atoms with E-state index in [-0.39, 0.29) is 11.7 Å². The van der Waals surface area contributed by atoms with Crippen molar-refractivity contribution in [2.45, 2.75) is 37.7 Å². The third-order valence-corrected chi connectivity index (χ3v) is 5.89. The monoisotopic (exact) mass is 413 g/mol. The number of rotatable bonds is 5. The Morgan fingerprint density at radius 2 is 1.94 bits per heavy atom. The molecule has 31 heavy (non-hydrogen) atoms. The van der Waals surface area contributed by atoms with E-state index < -0.39 is 5.60 Å². The Hall–Kier alpha value is -3.51. The predicted molar refractivity (Wildman–Crippen MR) is 117 cm³/mol. The van der Waals surface area contributed by atoms with Crippen LogP contribution in [-0.2, 0) is 0 Å². The number of fused-ring (bicyclic) bond motifs is 1. The van der Waals surface area contributed by atoms with Gasteiger partial charge in [0.1, 0.15) is 5.75 Å². The van der Waals surface area contributed by atoms with E-state index in [1.54, 1.807) is 30.5 Å². The first-order chi connectivity index (χ1) is 15.0. The second kappa shape index (κ2) is 7.63. The summed E-state index contributed by atoms with van der Waals surface area (Å²) in [6.45, 7) is 1.88. The number of carbonyl (C=O) groups excluding carboxylic acids is 1. The number of nitrogens with one attached hydrogen (secondary N) is 1. The molecule has 5 rings (SSSR count). The third kappa shape index (κ3) is 3.94. The molecule has 0 spiro atoms. The van der Waals surface area contributed by atoms with Gasteiger partial charge in [0.2, 0.25) is 11.7 Å². The maximum absolute atomic E-state index is 12.8. The number of benzene rings is 2. The van der Waals surface area contributed by atoms with Crippen LogP contribution in [0.25, 0.3) is 11.0 Å². The smallest absolute Gasteiger partial charge is 0.228 e. The zero-order valence-electron chi connectivity index (χ0n) is 17.2. The van der Waals surface area contributed by atoms with Gasteiger partial charge in [-0.1, -0.05) is 18.2 Å². The van der Waals surface area contributed by atoms with Gasteiger partial charge in [-0.15, -0.1) is 0 Å². The van der Waals surface area contributed by atoms with Crippen LogP contribution in [0.4, 0.5) is 0 Å². The number of carbonyl (C=O) groups is 1. The SMILES string of the molecule is CC1(O)CCC(c2cccnc2Oc2ccc(C(=O)c3nc4ccccc4[nH]3)cc2)C1. The van der Waals surface area contributed by atoms with Gasteiger partial charge in [-0.2, -0.15) is 0 Å². The highest BCUT2D eigenvalue weighted by molar-refractivity contribution is 6.08. The number of hydrogen-bond acceptors (Lipinski definition) is 5. The van der Waals surface area contributed by atoms with Crippen molar-refractivity contribution in [2.24, 2.45) is 0 Å². The fourth-order valence-corrected chi connectivity index (χ4v) is 4.27. The minimum Gasteiger partial charge on any atom is -0.439 e. The Balaban J connectivity index is 1.35. The number of imidazole rings is 1. The van der Waals surface area contributed by atoms with Gasteiger partial charge >= 0.3 is 0 Å². The molecule has 0 aliphatic heterocycles. The predicted octanol–water partition coefficient (Wildman–Crippen LogP) is 5.00. The van der Waals surface area contributed by atoms with Crippen LogP contribution >= 0.6 is 0 Å². The topological polar surface area (TPSA) is 88.1 Å². The van der Waals surface area contributed by atoms with Gasteiger partial charge in [0.05, 0.1) is 16.6 Å². The molecular formula is C25H23N3O3. The molecule has 156 valence electrons. The maximum Gasteiger partial charge on any atom is 0.228 e. The van der Waals surface area contributed by atoms with Gasteiger partial charge in [0.25, 0.3) is 0 Å². The zero-order valence-corrected chi connectivity index (χ0v) is 17.2. The molecule has 2 N–H and O–H groups in total. The van der Waals surface area contributed by atoms with Gasteiger partial charge < -0.3 is 14.8 Å². The van der Waals surface area contributed by atoms with Gasteiger partial charge in [0.15, 0.2) is 5.82 Å². The third-order valence-electron chi connectivity index (χ3n) is 5.89. The van der Waals surface area contributed by atoms with Crippen molar-refractivity contribution in [3.63, 3.8) is 0 Å². The summed E-state index contributed by atoms with van der Waals surface area (Å²) in [5.41, 5.74) is 2.48. The lowest BCUT2D eigenvalue weighted by atomic mass is 9.96. The summed E-state index contributed by atoms with van der Waals surface area (Å²) in [6.07, 6.45) is 4.07. The molecule has 1 aliphatic carbocycles. The molecule has 1 fully saturated rings. The van der Waals surface area contributed by atoms with E-state index in [9.17, 15) is 9.90 Å². The van der Waals surface area contributed by atoms with Crippen molar-refractivity contribution in [3.05, 3.63) is 83.8 Å². The Morgan fingerprint density at radius 3 is 2.68 bits per heavy atom. The van der Waals surface area contributed by atoms with E-state index in [0.717, 1.165) is 29.4 Å². The van der Waals surface area contributed by atoms with Crippen LogP contribution in [0, 0.1) is 0 Å². The molecule has 0 saturated heterocycles. The quantitative estimate of drug-likeness (QED) is 0.450. The Morgan fingerprint density at radius 1 is 1.13 bits per heavy atom. The largest absolute Gasteiger partial charge is 0.439 e. The summed E-state index contributed by atoms with van der Waals surface area (Å²) in [6, 6.07) is 18.4. The summed E-state index contributed by atoms with van der Waals surface area (Å²) >= 11 is 0. The molecule has 2 heterocycles. The van der Waals surface area contributed by atoms with Crippen molar-refractivity contribution in [1.29, 1.82) is 0 Å². The van der Waals surface area contributed by atoms with Crippen molar-refractivity contribution in [3.8, 4) is 11.6 Å². The van der Waals surface area contributed by atoms with E-state index in [0.29, 0.717) is 29.4 Å². The number of nitrogens with zero attached hydrogens (tertiary/aromatic N) is 2. The number of ether oxygens (including phenoxy) is 1. The van der Waals surface area contributed by atoms with Crippen molar-refractivity contribution < 1.29 is 14.6 Å². The minimum atomic E-state index is -0.642. The van der Waals surface area contributed by atoms with Crippen molar-refractivity contribution in [2.75, 3.05) is 0 Å². The summed E-state index contributed by atoms with van der Waals surface area (Å²) in [5.74, 6) is 1.50. The van der Waals surface area contributed by atoms with E-state index in [2.05, 4.69) is 15.0 Å². The highest BCUT2D eigenvalue weighted by Gasteiger charge is 2.35. The van der Waals surface area contributed by atoms with Crippen molar-refractivity contribution in [1.82, 2.24) is 15.0 Å². The number of hydrogen-bond donors (Lipinski definition) is 2. The Labute approximate surface area is 179 Å². The average Bonchev–Trinajstić information content (AvgIpc) is 3.37. The number of pyridine rings is 1. The first kappa shape index (κ1) is 19.5. The number of ketones is 1.